The lowest BCUT2D eigenvalue weighted by Gasteiger charge is -2.24. The van der Waals surface area contributed by atoms with Gasteiger partial charge in [0, 0.05) is 18.2 Å². The second-order valence-corrected chi connectivity index (χ2v) is 6.59. The average Bonchev–Trinajstić information content (AvgIpc) is 2.61. The van der Waals surface area contributed by atoms with E-state index in [0.717, 1.165) is 16.8 Å². The Bertz CT molecular complexity index is 728. The zero-order chi connectivity index (χ0) is 18.4. The van der Waals surface area contributed by atoms with E-state index in [2.05, 4.69) is 10.6 Å². The lowest BCUT2D eigenvalue weighted by molar-refractivity contribution is -0.126. The van der Waals surface area contributed by atoms with Gasteiger partial charge in [-0.2, -0.15) is 0 Å². The second kappa shape index (κ2) is 9.36. The van der Waals surface area contributed by atoms with Crippen LogP contribution in [0.3, 0.4) is 0 Å². The number of amides is 2. The van der Waals surface area contributed by atoms with Gasteiger partial charge in [-0.1, -0.05) is 56.3 Å². The van der Waals surface area contributed by atoms with E-state index in [1.54, 1.807) is 6.92 Å². The summed E-state index contributed by atoms with van der Waals surface area (Å²) in [6.45, 7) is 5.75. The Morgan fingerprint density at radius 2 is 1.62 bits per heavy atom. The summed E-state index contributed by atoms with van der Waals surface area (Å²) in [4.78, 5) is 24.1. The van der Waals surface area contributed by atoms with Crippen LogP contribution in [0.15, 0.2) is 54.6 Å². The van der Waals surface area contributed by atoms with E-state index in [1.165, 1.54) is 0 Å². The van der Waals surface area contributed by atoms with E-state index in [0.29, 0.717) is 6.54 Å². The number of nitrogens with one attached hydrogen (secondary N) is 2. The minimum atomic E-state index is -1.09. The third kappa shape index (κ3) is 5.58. The third-order valence-corrected chi connectivity index (χ3v) is 4.04. The molecule has 0 spiro atoms. The molecule has 0 radical (unpaired) electrons. The van der Waals surface area contributed by atoms with E-state index in [1.807, 2.05) is 68.4 Å². The average molecular weight is 376 g/mol. The standard InChI is InChI=1S/C20H25N3O2.ClH/c1-14(2)18(24)23-17-11-9-15(10-12-17)13-22-19(25)20(3,21)16-7-5-4-6-8-16;/h4-12,14H,13,21H2,1-3H3,(H,22,25)(H,23,24);1H. The van der Waals surface area contributed by atoms with Gasteiger partial charge in [0.2, 0.25) is 11.8 Å². The van der Waals surface area contributed by atoms with Crippen molar-refractivity contribution in [1.29, 1.82) is 0 Å². The molecule has 0 aromatic heterocycles. The second-order valence-electron chi connectivity index (χ2n) is 6.59. The molecular weight excluding hydrogens is 350 g/mol. The highest BCUT2D eigenvalue weighted by molar-refractivity contribution is 5.92. The fourth-order valence-electron chi connectivity index (χ4n) is 2.27. The minimum Gasteiger partial charge on any atom is -0.350 e. The van der Waals surface area contributed by atoms with Crippen LogP contribution in [0.2, 0.25) is 0 Å². The molecule has 0 heterocycles. The molecule has 0 aliphatic rings. The molecule has 2 amide bonds. The molecule has 0 aliphatic carbocycles. The van der Waals surface area contributed by atoms with Gasteiger partial charge in [-0.25, -0.2) is 0 Å². The van der Waals surface area contributed by atoms with E-state index < -0.39 is 5.54 Å². The van der Waals surface area contributed by atoms with Gasteiger partial charge in [0.05, 0.1) is 0 Å². The highest BCUT2D eigenvalue weighted by Gasteiger charge is 2.29. The molecule has 5 nitrogen and oxygen atoms in total. The number of rotatable bonds is 6. The molecule has 6 heteroatoms. The Balaban J connectivity index is 0.00000338. The SMILES string of the molecule is CC(C)C(=O)Nc1ccc(CNC(=O)C(C)(N)c2ccccc2)cc1.Cl. The van der Waals surface area contributed by atoms with Gasteiger partial charge in [-0.15, -0.1) is 12.4 Å². The number of hydrogen-bond donors (Lipinski definition) is 3. The Kier molecular flexibility index (Phi) is 7.80. The van der Waals surface area contributed by atoms with Crippen LogP contribution in [0.25, 0.3) is 0 Å². The summed E-state index contributed by atoms with van der Waals surface area (Å²) in [5.74, 6) is -0.335. The van der Waals surface area contributed by atoms with Gasteiger partial charge in [0.1, 0.15) is 5.54 Å². The maximum Gasteiger partial charge on any atom is 0.244 e. The summed E-state index contributed by atoms with van der Waals surface area (Å²) in [7, 11) is 0. The first-order valence-electron chi connectivity index (χ1n) is 8.33. The zero-order valence-corrected chi connectivity index (χ0v) is 16.1. The van der Waals surface area contributed by atoms with Crippen LogP contribution in [-0.2, 0) is 21.7 Å². The summed E-state index contributed by atoms with van der Waals surface area (Å²) < 4.78 is 0. The lowest BCUT2D eigenvalue weighted by atomic mass is 9.92. The zero-order valence-electron chi connectivity index (χ0n) is 15.3. The molecule has 2 aromatic rings. The molecule has 2 rings (SSSR count). The lowest BCUT2D eigenvalue weighted by Crippen LogP contribution is -2.48. The van der Waals surface area contributed by atoms with Gasteiger partial charge in [0.15, 0.2) is 0 Å². The van der Waals surface area contributed by atoms with E-state index in [9.17, 15) is 9.59 Å². The summed E-state index contributed by atoms with van der Waals surface area (Å²) in [6, 6.07) is 16.7. The molecule has 26 heavy (non-hydrogen) atoms. The molecule has 1 unspecified atom stereocenters. The highest BCUT2D eigenvalue weighted by Crippen LogP contribution is 2.18. The van der Waals surface area contributed by atoms with E-state index in [-0.39, 0.29) is 30.1 Å². The van der Waals surface area contributed by atoms with Gasteiger partial charge in [0.25, 0.3) is 0 Å². The molecule has 2 aromatic carbocycles. The Labute approximate surface area is 160 Å². The summed E-state index contributed by atoms with van der Waals surface area (Å²) in [5, 5.41) is 5.70. The highest BCUT2D eigenvalue weighted by atomic mass is 35.5. The van der Waals surface area contributed by atoms with Gasteiger partial charge < -0.3 is 16.4 Å². The number of anilines is 1. The molecule has 0 aliphatic heterocycles. The Hall–Kier alpha value is -2.37. The minimum absolute atomic E-state index is 0. The predicted molar refractivity (Wildman–Crippen MR) is 107 cm³/mol. The van der Waals surface area contributed by atoms with Gasteiger partial charge >= 0.3 is 0 Å². The van der Waals surface area contributed by atoms with Crippen LogP contribution in [0.1, 0.15) is 31.9 Å². The maximum absolute atomic E-state index is 12.4. The number of nitrogens with two attached hydrogens (primary N) is 1. The number of halogens is 1. The van der Waals surface area contributed by atoms with Gasteiger partial charge in [-0.3, -0.25) is 9.59 Å². The number of hydrogen-bond acceptors (Lipinski definition) is 3. The van der Waals surface area contributed by atoms with Gasteiger partial charge in [-0.05, 0) is 30.2 Å². The molecule has 140 valence electrons. The molecule has 0 saturated carbocycles. The first-order chi connectivity index (χ1) is 11.8. The predicted octanol–water partition coefficient (Wildman–Crippen LogP) is 3.19. The molecule has 0 bridgehead atoms. The topological polar surface area (TPSA) is 84.2 Å². The first-order valence-corrected chi connectivity index (χ1v) is 8.33. The number of benzene rings is 2. The molecular formula is C20H26ClN3O2. The molecule has 1 atom stereocenters. The van der Waals surface area contributed by atoms with E-state index >= 15 is 0 Å². The van der Waals surface area contributed by atoms with Crippen molar-refractivity contribution < 1.29 is 9.59 Å². The van der Waals surface area contributed by atoms with Crippen LogP contribution < -0.4 is 16.4 Å². The normalized spacial score (nSPS) is 12.7. The van der Waals surface area contributed by atoms with Crippen LogP contribution >= 0.6 is 12.4 Å². The molecule has 4 N–H and O–H groups in total. The van der Waals surface area contributed by atoms with Crippen molar-refractivity contribution in [3.8, 4) is 0 Å². The van der Waals surface area contributed by atoms with Crippen molar-refractivity contribution in [1.82, 2.24) is 5.32 Å². The number of carbonyl (C=O) groups is 2. The smallest absolute Gasteiger partial charge is 0.244 e. The quantitative estimate of drug-likeness (QED) is 0.724. The van der Waals surface area contributed by atoms with Crippen LogP contribution in [0.5, 0.6) is 0 Å². The summed E-state index contributed by atoms with van der Waals surface area (Å²) in [6.07, 6.45) is 0. The molecule has 0 saturated heterocycles. The van der Waals surface area contributed by atoms with Crippen LogP contribution in [0, 0.1) is 5.92 Å². The van der Waals surface area contributed by atoms with Crippen molar-refractivity contribution >= 4 is 29.9 Å². The number of carbonyl (C=O) groups excluding carboxylic acids is 2. The van der Waals surface area contributed by atoms with Crippen molar-refractivity contribution in [2.24, 2.45) is 11.7 Å². The van der Waals surface area contributed by atoms with Crippen molar-refractivity contribution in [3.05, 3.63) is 65.7 Å². The molecule has 0 fully saturated rings. The third-order valence-electron chi connectivity index (χ3n) is 4.04. The fourth-order valence-corrected chi connectivity index (χ4v) is 2.27. The van der Waals surface area contributed by atoms with Crippen molar-refractivity contribution in [2.75, 3.05) is 5.32 Å². The van der Waals surface area contributed by atoms with E-state index in [4.69, 9.17) is 5.73 Å². The Morgan fingerprint density at radius 3 is 2.15 bits per heavy atom. The first kappa shape index (κ1) is 21.7. The monoisotopic (exact) mass is 375 g/mol. The summed E-state index contributed by atoms with van der Waals surface area (Å²) >= 11 is 0. The van der Waals surface area contributed by atoms with Crippen LogP contribution in [-0.4, -0.2) is 11.8 Å². The van der Waals surface area contributed by atoms with Crippen molar-refractivity contribution in [3.63, 3.8) is 0 Å². The largest absolute Gasteiger partial charge is 0.350 e. The Morgan fingerprint density at radius 1 is 1.04 bits per heavy atom. The van der Waals surface area contributed by atoms with Crippen LogP contribution in [0.4, 0.5) is 5.69 Å². The van der Waals surface area contributed by atoms with Crippen molar-refractivity contribution in [2.45, 2.75) is 32.9 Å². The fraction of sp³-hybridized carbons (Fsp3) is 0.300. The maximum atomic E-state index is 12.4. The summed E-state index contributed by atoms with van der Waals surface area (Å²) in [5.41, 5.74) is 7.53.